The summed E-state index contributed by atoms with van der Waals surface area (Å²) in [4.78, 5) is 0. The molecule has 0 aliphatic carbocycles. The topological polar surface area (TPSA) is 29.9 Å². The third-order valence-corrected chi connectivity index (χ3v) is 3.43. The molecular formula is C16H21F2N3. The van der Waals surface area contributed by atoms with Crippen molar-refractivity contribution in [2.24, 2.45) is 0 Å². The maximum absolute atomic E-state index is 13.5. The molecule has 0 atom stereocenters. The summed E-state index contributed by atoms with van der Waals surface area (Å²) in [5, 5.41) is 7.34. The predicted octanol–water partition coefficient (Wildman–Crippen LogP) is 3.93. The van der Waals surface area contributed by atoms with E-state index >= 15 is 0 Å². The van der Waals surface area contributed by atoms with Gasteiger partial charge in [-0.2, -0.15) is 5.10 Å². The number of alkyl halides is 2. The van der Waals surface area contributed by atoms with Crippen molar-refractivity contribution in [1.29, 1.82) is 0 Å². The molecule has 2 rings (SSSR count). The van der Waals surface area contributed by atoms with Crippen molar-refractivity contribution in [1.82, 2.24) is 15.1 Å². The fraction of sp³-hybridized carbons (Fsp3) is 0.438. The Hall–Kier alpha value is -1.75. The van der Waals surface area contributed by atoms with Crippen LogP contribution in [0.1, 0.15) is 42.2 Å². The fourth-order valence-corrected chi connectivity index (χ4v) is 2.30. The summed E-state index contributed by atoms with van der Waals surface area (Å²) in [5.74, 6) is 0. The zero-order valence-corrected chi connectivity index (χ0v) is 12.7. The van der Waals surface area contributed by atoms with E-state index in [4.69, 9.17) is 0 Å². The monoisotopic (exact) mass is 293 g/mol. The van der Waals surface area contributed by atoms with Crippen LogP contribution in [0.15, 0.2) is 24.4 Å². The molecule has 2 aromatic rings. The Morgan fingerprint density at radius 2 is 2.05 bits per heavy atom. The maximum Gasteiger partial charge on any atom is 0.280 e. The molecule has 1 N–H and O–H groups in total. The van der Waals surface area contributed by atoms with Crippen LogP contribution < -0.4 is 5.32 Å². The highest BCUT2D eigenvalue weighted by Crippen LogP contribution is 2.27. The number of hydrogen-bond donors (Lipinski definition) is 1. The molecule has 0 saturated heterocycles. The summed E-state index contributed by atoms with van der Waals surface area (Å²) in [6, 6.07) is 5.78. The van der Waals surface area contributed by atoms with Crippen molar-refractivity contribution in [3.05, 3.63) is 46.8 Å². The molecule has 21 heavy (non-hydrogen) atoms. The van der Waals surface area contributed by atoms with Gasteiger partial charge in [0.05, 0.1) is 11.9 Å². The van der Waals surface area contributed by atoms with Crippen LogP contribution in [-0.4, -0.2) is 16.3 Å². The lowest BCUT2D eigenvalue weighted by Gasteiger charge is -2.12. The first-order valence-electron chi connectivity index (χ1n) is 7.17. The molecule has 5 heteroatoms. The maximum atomic E-state index is 13.5. The molecule has 0 aliphatic rings. The summed E-state index contributed by atoms with van der Waals surface area (Å²) in [6.07, 6.45) is -0.0491. The van der Waals surface area contributed by atoms with Gasteiger partial charge in [-0.1, -0.05) is 19.1 Å². The molecule has 1 heterocycles. The number of rotatable bonds is 6. The number of hydrogen-bond acceptors (Lipinski definition) is 2. The van der Waals surface area contributed by atoms with E-state index in [2.05, 4.69) is 10.4 Å². The fourth-order valence-electron chi connectivity index (χ4n) is 2.30. The van der Waals surface area contributed by atoms with Gasteiger partial charge < -0.3 is 5.32 Å². The summed E-state index contributed by atoms with van der Waals surface area (Å²) in [7, 11) is 0. The highest BCUT2D eigenvalue weighted by molar-refractivity contribution is 5.44. The molecular weight excluding hydrogens is 272 g/mol. The van der Waals surface area contributed by atoms with Gasteiger partial charge in [0, 0.05) is 12.1 Å². The van der Waals surface area contributed by atoms with E-state index in [1.165, 1.54) is 10.9 Å². The predicted molar refractivity (Wildman–Crippen MR) is 80.0 cm³/mol. The average molecular weight is 293 g/mol. The second-order valence-corrected chi connectivity index (χ2v) is 5.23. The zero-order chi connectivity index (χ0) is 15.4. The third-order valence-electron chi connectivity index (χ3n) is 3.43. The summed E-state index contributed by atoms with van der Waals surface area (Å²) in [5.41, 5.74) is 3.20. The van der Waals surface area contributed by atoms with E-state index in [1.54, 1.807) is 0 Å². The molecule has 3 nitrogen and oxygen atoms in total. The highest BCUT2D eigenvalue weighted by atomic mass is 19.3. The molecule has 0 aliphatic heterocycles. The molecule has 0 radical (unpaired) electrons. The van der Waals surface area contributed by atoms with Crippen LogP contribution in [0.3, 0.4) is 0 Å². The Balaban J connectivity index is 2.42. The minimum atomic E-state index is -2.55. The Bertz CT molecular complexity index is 606. The minimum absolute atomic E-state index is 0.0210. The van der Waals surface area contributed by atoms with E-state index < -0.39 is 6.43 Å². The lowest BCUT2D eigenvalue weighted by molar-refractivity contribution is 0.141. The first-order valence-corrected chi connectivity index (χ1v) is 7.17. The van der Waals surface area contributed by atoms with Gasteiger partial charge in [-0.05, 0) is 44.0 Å². The largest absolute Gasteiger partial charge is 0.313 e. The van der Waals surface area contributed by atoms with E-state index in [0.29, 0.717) is 17.8 Å². The number of benzene rings is 1. The van der Waals surface area contributed by atoms with E-state index in [1.807, 2.05) is 39.0 Å². The SMILES string of the molecule is CCCNCc1cnn(-c2cc(C)ccc2C)c1C(F)F. The number of halogens is 2. The Labute approximate surface area is 124 Å². The standard InChI is InChI=1S/C16H21F2N3/c1-4-7-19-9-13-10-20-21(15(13)16(17)18)14-8-11(2)5-6-12(14)3/h5-6,8,10,16,19H,4,7,9H2,1-3H3. The van der Waals surface area contributed by atoms with Crippen molar-refractivity contribution in [3.63, 3.8) is 0 Å². The number of aromatic nitrogens is 2. The van der Waals surface area contributed by atoms with Crippen LogP contribution in [0, 0.1) is 13.8 Å². The van der Waals surface area contributed by atoms with E-state index in [9.17, 15) is 8.78 Å². The minimum Gasteiger partial charge on any atom is -0.313 e. The quantitative estimate of drug-likeness (QED) is 0.818. The van der Waals surface area contributed by atoms with Gasteiger partial charge in [-0.25, -0.2) is 13.5 Å². The number of aryl methyl sites for hydroxylation is 2. The molecule has 0 fully saturated rings. The van der Waals surface area contributed by atoms with Crippen LogP contribution in [0.25, 0.3) is 5.69 Å². The summed E-state index contributed by atoms with van der Waals surface area (Å²) in [6.45, 7) is 7.11. The average Bonchev–Trinajstić information content (AvgIpc) is 2.86. The van der Waals surface area contributed by atoms with Gasteiger partial charge in [-0.3, -0.25) is 0 Å². The van der Waals surface area contributed by atoms with Gasteiger partial charge >= 0.3 is 0 Å². The molecule has 0 spiro atoms. The summed E-state index contributed by atoms with van der Waals surface area (Å²) >= 11 is 0. The second-order valence-electron chi connectivity index (χ2n) is 5.23. The van der Waals surface area contributed by atoms with Crippen molar-refractivity contribution in [2.45, 2.75) is 40.2 Å². The molecule has 1 aromatic carbocycles. The molecule has 0 amide bonds. The molecule has 1 aromatic heterocycles. The lowest BCUT2D eigenvalue weighted by Crippen LogP contribution is -2.15. The Morgan fingerprint density at radius 3 is 2.71 bits per heavy atom. The van der Waals surface area contributed by atoms with Crippen molar-refractivity contribution < 1.29 is 8.78 Å². The Morgan fingerprint density at radius 1 is 1.29 bits per heavy atom. The number of nitrogens with one attached hydrogen (secondary N) is 1. The molecule has 0 saturated carbocycles. The summed E-state index contributed by atoms with van der Waals surface area (Å²) < 4.78 is 28.3. The van der Waals surface area contributed by atoms with Crippen LogP contribution in [0.4, 0.5) is 8.78 Å². The first-order chi connectivity index (χ1) is 10.0. The van der Waals surface area contributed by atoms with E-state index in [0.717, 1.165) is 24.1 Å². The van der Waals surface area contributed by atoms with Gasteiger partial charge in [0.2, 0.25) is 0 Å². The van der Waals surface area contributed by atoms with E-state index in [-0.39, 0.29) is 5.69 Å². The van der Waals surface area contributed by atoms with Gasteiger partial charge in [0.1, 0.15) is 5.69 Å². The molecule has 0 bridgehead atoms. The molecule has 0 unspecified atom stereocenters. The second kappa shape index (κ2) is 6.80. The highest BCUT2D eigenvalue weighted by Gasteiger charge is 2.21. The van der Waals surface area contributed by atoms with Crippen LogP contribution >= 0.6 is 0 Å². The zero-order valence-electron chi connectivity index (χ0n) is 12.7. The van der Waals surface area contributed by atoms with Crippen LogP contribution in [-0.2, 0) is 6.54 Å². The number of nitrogens with zero attached hydrogens (tertiary/aromatic N) is 2. The van der Waals surface area contributed by atoms with Gasteiger partial charge in [0.25, 0.3) is 6.43 Å². The Kier molecular flexibility index (Phi) is 5.07. The van der Waals surface area contributed by atoms with Gasteiger partial charge in [-0.15, -0.1) is 0 Å². The normalized spacial score (nSPS) is 11.3. The first kappa shape index (κ1) is 15.6. The van der Waals surface area contributed by atoms with Crippen LogP contribution in [0.2, 0.25) is 0 Å². The van der Waals surface area contributed by atoms with Crippen molar-refractivity contribution in [2.75, 3.05) is 6.54 Å². The van der Waals surface area contributed by atoms with Crippen LogP contribution in [0.5, 0.6) is 0 Å². The van der Waals surface area contributed by atoms with Gasteiger partial charge in [0.15, 0.2) is 0 Å². The lowest BCUT2D eigenvalue weighted by atomic mass is 10.1. The van der Waals surface area contributed by atoms with Crippen molar-refractivity contribution in [3.8, 4) is 5.69 Å². The molecule has 114 valence electrons. The smallest absolute Gasteiger partial charge is 0.280 e. The van der Waals surface area contributed by atoms with Crippen molar-refractivity contribution >= 4 is 0 Å². The third kappa shape index (κ3) is 3.47.